The number of hydrogen-bond donors (Lipinski definition) is 2. The molecule has 10 nitrogen and oxygen atoms in total. The highest BCUT2D eigenvalue weighted by atomic mass is 32.2. The molecule has 0 saturated heterocycles. The van der Waals surface area contributed by atoms with Gasteiger partial charge in [-0.25, -0.2) is 13.4 Å². The first kappa shape index (κ1) is 32.3. The molecule has 1 fully saturated rings. The van der Waals surface area contributed by atoms with Crippen LogP contribution in [-0.2, 0) is 42.5 Å². The fourth-order valence-corrected chi connectivity index (χ4v) is 5.74. The number of halogens is 6. The van der Waals surface area contributed by atoms with E-state index in [9.17, 15) is 34.8 Å². The SMILES string of the molecule is CC(CC1CCCC1)Nc1ncc(NS(C)(=O)=O)cc1CN(Cc1cc(C(F)(F)F)cc(C(F)(F)F)c1)c1nnn(C)n1. The van der Waals surface area contributed by atoms with E-state index < -0.39 is 40.0 Å². The van der Waals surface area contributed by atoms with Crippen molar-refractivity contribution in [2.24, 2.45) is 13.0 Å². The van der Waals surface area contributed by atoms with Gasteiger partial charge in [0, 0.05) is 18.2 Å². The summed E-state index contributed by atoms with van der Waals surface area (Å²) in [5.41, 5.74) is -2.67. The number of pyridine rings is 1. The number of rotatable bonds is 11. The van der Waals surface area contributed by atoms with E-state index in [0.717, 1.165) is 30.3 Å². The Morgan fingerprint density at radius 1 is 1.02 bits per heavy atom. The van der Waals surface area contributed by atoms with Gasteiger partial charge in [0.25, 0.3) is 5.95 Å². The number of nitrogens with one attached hydrogen (secondary N) is 2. The molecule has 0 spiro atoms. The fraction of sp³-hybridized carbons (Fsp3) is 0.538. The number of nitrogens with zero attached hydrogens (tertiary/aromatic N) is 6. The van der Waals surface area contributed by atoms with Gasteiger partial charge in [0.1, 0.15) is 5.82 Å². The molecule has 1 aromatic carbocycles. The molecule has 0 amide bonds. The standard InChI is InChI=1S/C26H32F6N8O2S/c1-16(8-17-6-4-5-7-17)34-23-19(11-22(13-33-23)37-43(3,41)42)15-40(24-35-38-39(2)36-24)14-18-9-20(25(27,28)29)12-21(10-18)26(30,31)32/h9-13,16-17,37H,4-8,14-15H2,1-3H3,(H,33,34). The van der Waals surface area contributed by atoms with Crippen molar-refractivity contribution in [2.75, 3.05) is 21.2 Å². The molecule has 1 aliphatic carbocycles. The summed E-state index contributed by atoms with van der Waals surface area (Å²) >= 11 is 0. The summed E-state index contributed by atoms with van der Waals surface area (Å²) in [6.45, 7) is 1.36. The first-order valence-corrected chi connectivity index (χ1v) is 15.4. The third kappa shape index (κ3) is 9.18. The Morgan fingerprint density at radius 3 is 2.19 bits per heavy atom. The lowest BCUT2D eigenvalue weighted by Crippen LogP contribution is -2.27. The zero-order chi connectivity index (χ0) is 31.6. The van der Waals surface area contributed by atoms with Crippen LogP contribution in [0.2, 0.25) is 0 Å². The lowest BCUT2D eigenvalue weighted by Gasteiger charge is -2.25. The zero-order valence-corrected chi connectivity index (χ0v) is 24.5. The maximum atomic E-state index is 13.6. The van der Waals surface area contributed by atoms with E-state index in [1.54, 1.807) is 0 Å². The van der Waals surface area contributed by atoms with Crippen molar-refractivity contribution in [3.63, 3.8) is 0 Å². The van der Waals surface area contributed by atoms with Gasteiger partial charge >= 0.3 is 12.4 Å². The first-order chi connectivity index (χ1) is 20.0. The monoisotopic (exact) mass is 634 g/mol. The molecule has 236 valence electrons. The molecular formula is C26H32F6N8O2S. The van der Waals surface area contributed by atoms with Crippen LogP contribution in [0.15, 0.2) is 30.5 Å². The van der Waals surface area contributed by atoms with E-state index in [0.29, 0.717) is 29.4 Å². The molecule has 1 unspecified atom stereocenters. The fourth-order valence-electron chi connectivity index (χ4n) is 5.20. The molecule has 3 aromatic rings. The van der Waals surface area contributed by atoms with Gasteiger partial charge in [-0.2, -0.15) is 31.1 Å². The minimum absolute atomic E-state index is 0.0241. The van der Waals surface area contributed by atoms with Crippen molar-refractivity contribution in [2.45, 2.75) is 70.5 Å². The van der Waals surface area contributed by atoms with Crippen molar-refractivity contribution >= 4 is 27.5 Å². The molecule has 0 aliphatic heterocycles. The summed E-state index contributed by atoms with van der Waals surface area (Å²) in [7, 11) is -2.23. The van der Waals surface area contributed by atoms with E-state index in [1.807, 2.05) is 6.92 Å². The average molecular weight is 635 g/mol. The van der Waals surface area contributed by atoms with Gasteiger partial charge in [-0.05, 0) is 54.3 Å². The molecule has 1 aliphatic rings. The summed E-state index contributed by atoms with van der Waals surface area (Å²) in [5, 5.41) is 15.1. The van der Waals surface area contributed by atoms with Crippen LogP contribution in [0.1, 0.15) is 61.3 Å². The molecule has 0 radical (unpaired) electrons. The highest BCUT2D eigenvalue weighted by Gasteiger charge is 2.37. The Kier molecular flexibility index (Phi) is 9.42. The minimum Gasteiger partial charge on any atom is -0.367 e. The van der Waals surface area contributed by atoms with Gasteiger partial charge in [-0.3, -0.25) is 4.72 Å². The molecule has 2 heterocycles. The maximum absolute atomic E-state index is 13.6. The van der Waals surface area contributed by atoms with Gasteiger partial charge in [-0.15, -0.1) is 5.10 Å². The molecular weight excluding hydrogens is 602 g/mol. The maximum Gasteiger partial charge on any atom is 0.416 e. The molecule has 17 heteroatoms. The normalized spacial score (nSPS) is 15.5. The lowest BCUT2D eigenvalue weighted by molar-refractivity contribution is -0.143. The summed E-state index contributed by atoms with van der Waals surface area (Å²) in [4.78, 5) is 6.84. The van der Waals surface area contributed by atoms with Crippen molar-refractivity contribution < 1.29 is 34.8 Å². The number of alkyl halides is 6. The Morgan fingerprint density at radius 2 is 1.65 bits per heavy atom. The van der Waals surface area contributed by atoms with Crippen molar-refractivity contribution in [3.05, 3.63) is 52.7 Å². The van der Waals surface area contributed by atoms with Gasteiger partial charge in [0.15, 0.2) is 0 Å². The second-order valence-electron chi connectivity index (χ2n) is 10.9. The summed E-state index contributed by atoms with van der Waals surface area (Å²) in [6.07, 6.45) is -2.32. The van der Waals surface area contributed by atoms with Gasteiger partial charge in [0.2, 0.25) is 10.0 Å². The largest absolute Gasteiger partial charge is 0.416 e. The molecule has 2 aromatic heterocycles. The first-order valence-electron chi connectivity index (χ1n) is 13.5. The van der Waals surface area contributed by atoms with E-state index in [1.165, 1.54) is 37.1 Å². The van der Waals surface area contributed by atoms with Gasteiger partial charge in [-0.1, -0.05) is 30.8 Å². The molecule has 43 heavy (non-hydrogen) atoms. The van der Waals surface area contributed by atoms with Crippen LogP contribution >= 0.6 is 0 Å². The number of benzene rings is 1. The number of sulfonamides is 1. The van der Waals surface area contributed by atoms with Gasteiger partial charge < -0.3 is 10.2 Å². The average Bonchev–Trinajstić information content (AvgIpc) is 3.54. The molecule has 1 saturated carbocycles. The number of tetrazole rings is 1. The summed E-state index contributed by atoms with van der Waals surface area (Å²) in [5.74, 6) is 0.847. The van der Waals surface area contributed by atoms with Crippen LogP contribution in [-0.4, -0.2) is 45.9 Å². The number of anilines is 3. The predicted octanol–water partition coefficient (Wildman–Crippen LogP) is 5.60. The Bertz CT molecular complexity index is 1490. The Labute approximate surface area is 244 Å². The number of aromatic nitrogens is 5. The van der Waals surface area contributed by atoms with Gasteiger partial charge in [0.05, 0.1) is 42.9 Å². The zero-order valence-electron chi connectivity index (χ0n) is 23.7. The molecule has 1 atom stereocenters. The van der Waals surface area contributed by atoms with E-state index in [-0.39, 0.29) is 35.9 Å². The minimum atomic E-state index is -5.02. The topological polar surface area (TPSA) is 118 Å². The predicted molar refractivity (Wildman–Crippen MR) is 147 cm³/mol. The van der Waals surface area contributed by atoms with E-state index in [2.05, 4.69) is 30.4 Å². The number of hydrogen-bond acceptors (Lipinski definition) is 8. The molecule has 0 bridgehead atoms. The van der Waals surface area contributed by atoms with Crippen molar-refractivity contribution in [1.29, 1.82) is 0 Å². The lowest BCUT2D eigenvalue weighted by atomic mass is 9.99. The molecule has 2 N–H and O–H groups in total. The van der Waals surface area contributed by atoms with Crippen LogP contribution in [0, 0.1) is 5.92 Å². The Hall–Kier alpha value is -3.63. The second-order valence-corrected chi connectivity index (χ2v) is 12.6. The Balaban J connectivity index is 1.72. The second kappa shape index (κ2) is 12.5. The third-order valence-corrected chi connectivity index (χ3v) is 7.58. The third-order valence-electron chi connectivity index (χ3n) is 6.98. The summed E-state index contributed by atoms with van der Waals surface area (Å²) in [6, 6.07) is 2.81. The van der Waals surface area contributed by atoms with E-state index in [4.69, 9.17) is 0 Å². The van der Waals surface area contributed by atoms with Crippen LogP contribution in [0.25, 0.3) is 0 Å². The van der Waals surface area contributed by atoms with Crippen LogP contribution in [0.4, 0.5) is 43.8 Å². The highest BCUT2D eigenvalue weighted by Crippen LogP contribution is 2.37. The smallest absolute Gasteiger partial charge is 0.367 e. The van der Waals surface area contributed by atoms with E-state index >= 15 is 0 Å². The van der Waals surface area contributed by atoms with Crippen LogP contribution < -0.4 is 14.9 Å². The molecule has 4 rings (SSSR count). The van der Waals surface area contributed by atoms with Crippen molar-refractivity contribution in [3.8, 4) is 0 Å². The number of aryl methyl sites for hydroxylation is 1. The van der Waals surface area contributed by atoms with Crippen LogP contribution in [0.3, 0.4) is 0 Å². The van der Waals surface area contributed by atoms with Crippen molar-refractivity contribution in [1.82, 2.24) is 25.2 Å². The summed E-state index contributed by atoms with van der Waals surface area (Å²) < 4.78 is 107. The highest BCUT2D eigenvalue weighted by molar-refractivity contribution is 7.92. The van der Waals surface area contributed by atoms with Crippen LogP contribution in [0.5, 0.6) is 0 Å². The quantitative estimate of drug-likeness (QED) is 0.262.